The molecule has 1 aliphatic heterocycles. The number of hydrogen-bond donors (Lipinski definition) is 1. The average Bonchev–Trinajstić information content (AvgIpc) is 3.27. The Morgan fingerprint density at radius 2 is 1.82 bits per heavy atom. The van der Waals surface area contributed by atoms with Crippen LogP contribution in [-0.4, -0.2) is 31.3 Å². The molecule has 0 radical (unpaired) electrons. The Morgan fingerprint density at radius 3 is 2.55 bits per heavy atom. The van der Waals surface area contributed by atoms with E-state index in [9.17, 15) is 9.59 Å². The molecule has 1 aromatic heterocycles. The Kier molecular flexibility index (Phi) is 7.84. The monoisotopic (exact) mass is 555 g/mol. The maximum absolute atomic E-state index is 14.0. The Bertz CT molecular complexity index is 1770. The Labute approximate surface area is 235 Å². The van der Waals surface area contributed by atoms with Crippen LogP contribution < -0.4 is 34.4 Å². The first-order valence-electron chi connectivity index (χ1n) is 12.8. The van der Waals surface area contributed by atoms with Gasteiger partial charge in [-0.25, -0.2) is 4.99 Å². The number of allylic oxidation sites excluding steroid dienone is 1. The highest BCUT2D eigenvalue weighted by Crippen LogP contribution is 2.32. The van der Waals surface area contributed by atoms with E-state index in [4.69, 9.17) is 19.2 Å². The lowest BCUT2D eigenvalue weighted by atomic mass is 9.95. The number of benzene rings is 3. The maximum Gasteiger partial charge on any atom is 0.271 e. The van der Waals surface area contributed by atoms with Crippen LogP contribution in [0.25, 0.3) is 6.08 Å². The van der Waals surface area contributed by atoms with Crippen molar-refractivity contribution in [3.8, 4) is 17.2 Å². The van der Waals surface area contributed by atoms with Gasteiger partial charge in [-0.3, -0.25) is 14.2 Å². The van der Waals surface area contributed by atoms with Crippen LogP contribution in [0.2, 0.25) is 0 Å². The first kappa shape index (κ1) is 27.0. The molecule has 5 rings (SSSR count). The molecule has 1 atom stereocenters. The third-order valence-electron chi connectivity index (χ3n) is 6.49. The maximum atomic E-state index is 14.0. The van der Waals surface area contributed by atoms with Gasteiger partial charge in [0.2, 0.25) is 0 Å². The van der Waals surface area contributed by atoms with Crippen molar-refractivity contribution in [2.75, 3.05) is 26.1 Å². The van der Waals surface area contributed by atoms with Gasteiger partial charge in [-0.05, 0) is 67.4 Å². The van der Waals surface area contributed by atoms with E-state index in [1.165, 1.54) is 11.3 Å². The number of hydrogen-bond acceptors (Lipinski definition) is 7. The molecule has 4 aromatic rings. The standard InChI is InChI=1S/C31H29N3O5S/c1-5-39-24-15-14-20(16-25(24)38-4)17-26-30(36)34-28(21-10-9-13-23(18-21)37-3)27(19(2)32-31(34)40-26)29(35)33-22-11-7-6-8-12-22/h6-18,28H,5H2,1-4H3,(H,33,35)/b26-17-/t28-/m0/s1. The predicted octanol–water partition coefficient (Wildman–Crippen LogP) is 4.29. The molecule has 3 aromatic carbocycles. The molecule has 1 amide bonds. The minimum Gasteiger partial charge on any atom is -0.497 e. The summed E-state index contributed by atoms with van der Waals surface area (Å²) in [5.41, 5.74) is 2.85. The van der Waals surface area contributed by atoms with Crippen LogP contribution in [0.5, 0.6) is 17.2 Å². The molecule has 0 unspecified atom stereocenters. The summed E-state index contributed by atoms with van der Waals surface area (Å²) in [6.07, 6.45) is 1.80. The number of thiazole rings is 1. The highest BCUT2D eigenvalue weighted by molar-refractivity contribution is 7.07. The van der Waals surface area contributed by atoms with Crippen LogP contribution in [0.4, 0.5) is 5.69 Å². The topological polar surface area (TPSA) is 91.2 Å². The van der Waals surface area contributed by atoms with Gasteiger partial charge in [0.1, 0.15) is 5.75 Å². The van der Waals surface area contributed by atoms with E-state index in [0.29, 0.717) is 50.1 Å². The van der Waals surface area contributed by atoms with Crippen molar-refractivity contribution >= 4 is 29.0 Å². The molecule has 204 valence electrons. The zero-order valence-electron chi connectivity index (χ0n) is 22.6. The van der Waals surface area contributed by atoms with Crippen molar-refractivity contribution in [2.24, 2.45) is 4.99 Å². The summed E-state index contributed by atoms with van der Waals surface area (Å²) in [7, 11) is 3.16. The molecule has 40 heavy (non-hydrogen) atoms. The van der Waals surface area contributed by atoms with Crippen molar-refractivity contribution in [3.63, 3.8) is 0 Å². The van der Waals surface area contributed by atoms with Crippen molar-refractivity contribution in [1.29, 1.82) is 0 Å². The second-order valence-corrected chi connectivity index (χ2v) is 10.0. The van der Waals surface area contributed by atoms with E-state index in [1.54, 1.807) is 31.8 Å². The third-order valence-corrected chi connectivity index (χ3v) is 7.48. The van der Waals surface area contributed by atoms with E-state index in [2.05, 4.69) is 5.32 Å². The van der Waals surface area contributed by atoms with E-state index < -0.39 is 6.04 Å². The van der Waals surface area contributed by atoms with E-state index in [1.807, 2.05) is 79.7 Å². The molecule has 0 saturated carbocycles. The van der Waals surface area contributed by atoms with E-state index in [0.717, 1.165) is 11.1 Å². The van der Waals surface area contributed by atoms with Crippen LogP contribution in [0, 0.1) is 0 Å². The number of nitrogens with zero attached hydrogens (tertiary/aromatic N) is 2. The number of rotatable bonds is 8. The number of para-hydroxylation sites is 1. The number of methoxy groups -OCH3 is 2. The van der Waals surface area contributed by atoms with Crippen LogP contribution in [0.3, 0.4) is 0 Å². The molecule has 0 bridgehead atoms. The molecular weight excluding hydrogens is 526 g/mol. The van der Waals surface area contributed by atoms with Crippen LogP contribution in [-0.2, 0) is 4.79 Å². The predicted molar refractivity (Wildman–Crippen MR) is 156 cm³/mol. The summed E-state index contributed by atoms with van der Waals surface area (Å²) in [5.74, 6) is 1.50. The van der Waals surface area contributed by atoms with Crippen LogP contribution in [0.1, 0.15) is 31.0 Å². The van der Waals surface area contributed by atoms with Crippen molar-refractivity contribution in [3.05, 3.63) is 115 Å². The molecule has 0 saturated heterocycles. The third kappa shape index (κ3) is 5.28. The smallest absolute Gasteiger partial charge is 0.271 e. The van der Waals surface area contributed by atoms with Gasteiger partial charge in [0.25, 0.3) is 11.5 Å². The number of amides is 1. The number of nitrogens with one attached hydrogen (secondary N) is 1. The van der Waals surface area contributed by atoms with Gasteiger partial charge in [0.15, 0.2) is 16.3 Å². The Morgan fingerprint density at radius 1 is 1.02 bits per heavy atom. The fraction of sp³-hybridized carbons (Fsp3) is 0.194. The van der Waals surface area contributed by atoms with Crippen molar-refractivity contribution in [1.82, 2.24) is 4.57 Å². The molecule has 0 spiro atoms. The van der Waals surface area contributed by atoms with Gasteiger partial charge < -0.3 is 19.5 Å². The summed E-state index contributed by atoms with van der Waals surface area (Å²) in [6.45, 7) is 4.21. The number of carbonyl (C=O) groups is 1. The van der Waals surface area contributed by atoms with Crippen LogP contribution >= 0.6 is 11.3 Å². The number of anilines is 1. The lowest BCUT2D eigenvalue weighted by molar-refractivity contribution is -0.113. The van der Waals surface area contributed by atoms with Crippen molar-refractivity contribution in [2.45, 2.75) is 19.9 Å². The van der Waals surface area contributed by atoms with E-state index >= 15 is 0 Å². The summed E-state index contributed by atoms with van der Waals surface area (Å²) in [5, 5.41) is 2.96. The summed E-state index contributed by atoms with van der Waals surface area (Å²) < 4.78 is 18.6. The number of aromatic nitrogens is 1. The minimum absolute atomic E-state index is 0.248. The SMILES string of the molecule is CCOc1ccc(/C=c2\sc3n(c2=O)[C@@H](c2cccc(OC)c2)C(C(=O)Nc2ccccc2)=C(C)N=3)cc1OC. The second kappa shape index (κ2) is 11.6. The molecule has 8 nitrogen and oxygen atoms in total. The molecule has 0 fully saturated rings. The lowest BCUT2D eigenvalue weighted by Crippen LogP contribution is -2.40. The normalized spacial score (nSPS) is 14.8. The highest BCUT2D eigenvalue weighted by Gasteiger charge is 2.32. The molecule has 2 heterocycles. The van der Waals surface area contributed by atoms with Gasteiger partial charge >= 0.3 is 0 Å². The quantitative estimate of drug-likeness (QED) is 0.350. The lowest BCUT2D eigenvalue weighted by Gasteiger charge is -2.25. The zero-order valence-corrected chi connectivity index (χ0v) is 23.5. The fourth-order valence-electron chi connectivity index (χ4n) is 4.66. The van der Waals surface area contributed by atoms with Gasteiger partial charge in [-0.1, -0.05) is 47.7 Å². The molecule has 1 N–H and O–H groups in total. The first-order valence-corrected chi connectivity index (χ1v) is 13.6. The highest BCUT2D eigenvalue weighted by atomic mass is 32.1. The molecule has 9 heteroatoms. The summed E-state index contributed by atoms with van der Waals surface area (Å²) >= 11 is 1.27. The van der Waals surface area contributed by atoms with Gasteiger partial charge in [-0.2, -0.15) is 0 Å². The van der Waals surface area contributed by atoms with Gasteiger partial charge in [-0.15, -0.1) is 0 Å². The largest absolute Gasteiger partial charge is 0.497 e. The molecule has 1 aliphatic rings. The van der Waals surface area contributed by atoms with Gasteiger partial charge in [0, 0.05) is 5.69 Å². The Balaban J connectivity index is 1.66. The van der Waals surface area contributed by atoms with Gasteiger partial charge in [0.05, 0.1) is 42.7 Å². The molecular formula is C31H29N3O5S. The second-order valence-electron chi connectivity index (χ2n) is 9.02. The fourth-order valence-corrected chi connectivity index (χ4v) is 5.71. The average molecular weight is 556 g/mol. The number of ether oxygens (including phenoxy) is 3. The van der Waals surface area contributed by atoms with Crippen LogP contribution in [0.15, 0.2) is 93.9 Å². The summed E-state index contributed by atoms with van der Waals surface area (Å²) in [6, 6.07) is 21.4. The zero-order chi connectivity index (χ0) is 28.2. The van der Waals surface area contributed by atoms with Crippen molar-refractivity contribution < 1.29 is 19.0 Å². The Hall–Kier alpha value is -4.63. The number of fused-ring (bicyclic) bond motifs is 1. The minimum atomic E-state index is -0.702. The molecule has 0 aliphatic carbocycles. The van der Waals surface area contributed by atoms with E-state index in [-0.39, 0.29) is 11.5 Å². The number of carbonyl (C=O) groups excluding carboxylic acids is 1. The first-order chi connectivity index (χ1) is 19.4. The summed E-state index contributed by atoms with van der Waals surface area (Å²) in [4.78, 5) is 32.9.